The molecule has 132 valence electrons. The van der Waals surface area contributed by atoms with Crippen molar-refractivity contribution >= 4 is 11.7 Å². The van der Waals surface area contributed by atoms with Gasteiger partial charge in [-0.1, -0.05) is 0 Å². The van der Waals surface area contributed by atoms with Gasteiger partial charge in [0.15, 0.2) is 11.5 Å². The zero-order chi connectivity index (χ0) is 17.4. The van der Waals surface area contributed by atoms with E-state index in [4.69, 9.17) is 0 Å². The molecule has 3 heterocycles. The van der Waals surface area contributed by atoms with Crippen molar-refractivity contribution < 1.29 is 14.7 Å². The molecule has 2 aliphatic heterocycles. The lowest BCUT2D eigenvalue weighted by Crippen LogP contribution is -2.38. The van der Waals surface area contributed by atoms with Crippen LogP contribution in [0.3, 0.4) is 0 Å². The van der Waals surface area contributed by atoms with E-state index in [-0.39, 0.29) is 23.0 Å². The molecular formula is C19H23N3O3. The van der Waals surface area contributed by atoms with Crippen molar-refractivity contribution in [2.75, 3.05) is 26.2 Å². The lowest BCUT2D eigenvalue weighted by atomic mass is 9.95. The van der Waals surface area contributed by atoms with Gasteiger partial charge >= 0.3 is 0 Å². The van der Waals surface area contributed by atoms with Crippen LogP contribution in [0, 0.1) is 5.92 Å². The molecule has 0 bridgehead atoms. The Bertz CT molecular complexity index is 706. The zero-order valence-electron chi connectivity index (χ0n) is 14.2. The van der Waals surface area contributed by atoms with Crippen molar-refractivity contribution in [1.29, 1.82) is 0 Å². The Morgan fingerprint density at radius 2 is 1.84 bits per heavy atom. The summed E-state index contributed by atoms with van der Waals surface area (Å²) in [6.45, 7) is 3.38. The first kappa shape index (κ1) is 16.3. The van der Waals surface area contributed by atoms with Crippen molar-refractivity contribution in [2.45, 2.75) is 31.7 Å². The van der Waals surface area contributed by atoms with E-state index in [9.17, 15) is 14.7 Å². The number of nitrogens with zero attached hydrogens (tertiary/aromatic N) is 3. The molecule has 25 heavy (non-hydrogen) atoms. The van der Waals surface area contributed by atoms with Crippen LogP contribution in [-0.4, -0.2) is 57.8 Å². The largest absolute Gasteiger partial charge is 0.503 e. The number of Topliss-reactive ketones (excluding diaryl/α,β-unsaturated/α-hetero) is 1. The van der Waals surface area contributed by atoms with Gasteiger partial charge in [0, 0.05) is 31.4 Å². The number of aliphatic hydroxyl groups is 1. The van der Waals surface area contributed by atoms with Gasteiger partial charge in [0.05, 0.1) is 11.6 Å². The fourth-order valence-corrected chi connectivity index (χ4v) is 3.85. The van der Waals surface area contributed by atoms with Crippen molar-refractivity contribution in [3.8, 4) is 0 Å². The molecule has 6 nitrogen and oxygen atoms in total. The van der Waals surface area contributed by atoms with Crippen LogP contribution < -0.4 is 0 Å². The number of ketones is 1. The number of carbonyl (C=O) groups is 2. The maximum absolute atomic E-state index is 12.7. The predicted molar refractivity (Wildman–Crippen MR) is 91.8 cm³/mol. The first-order valence-electron chi connectivity index (χ1n) is 9.07. The number of pyridine rings is 1. The van der Waals surface area contributed by atoms with Crippen LogP contribution in [0.1, 0.15) is 37.3 Å². The Morgan fingerprint density at radius 1 is 1.16 bits per heavy atom. The van der Waals surface area contributed by atoms with Crippen molar-refractivity contribution in [3.05, 3.63) is 41.4 Å². The van der Waals surface area contributed by atoms with E-state index in [0.29, 0.717) is 6.54 Å². The molecule has 6 heteroatoms. The van der Waals surface area contributed by atoms with Crippen molar-refractivity contribution in [1.82, 2.24) is 14.8 Å². The molecule has 1 saturated heterocycles. The highest BCUT2D eigenvalue weighted by Gasteiger charge is 2.46. The topological polar surface area (TPSA) is 73.7 Å². The van der Waals surface area contributed by atoms with Crippen LogP contribution in [-0.2, 0) is 9.59 Å². The number of carbonyl (C=O) groups excluding carboxylic acids is 2. The SMILES string of the molecule is O=C(C1=C(O)C(=O)N(CCN2CCCC2)C1c1ccncc1)C1CC1. The minimum Gasteiger partial charge on any atom is -0.503 e. The molecule has 2 fully saturated rings. The van der Waals surface area contributed by atoms with E-state index in [1.165, 1.54) is 12.8 Å². The van der Waals surface area contributed by atoms with E-state index < -0.39 is 11.9 Å². The second kappa shape index (κ2) is 6.59. The molecule has 1 aliphatic carbocycles. The summed E-state index contributed by atoms with van der Waals surface area (Å²) < 4.78 is 0. The number of amides is 1. The molecule has 0 radical (unpaired) electrons. The van der Waals surface area contributed by atoms with Gasteiger partial charge in [-0.3, -0.25) is 14.6 Å². The first-order chi connectivity index (χ1) is 12.2. The highest BCUT2D eigenvalue weighted by Crippen LogP contribution is 2.42. The molecule has 0 aromatic carbocycles. The monoisotopic (exact) mass is 341 g/mol. The van der Waals surface area contributed by atoms with Gasteiger partial charge in [-0.2, -0.15) is 0 Å². The van der Waals surface area contributed by atoms with Crippen molar-refractivity contribution in [3.63, 3.8) is 0 Å². The minimum absolute atomic E-state index is 0.0344. The fraction of sp³-hybridized carbons (Fsp3) is 0.526. The van der Waals surface area contributed by atoms with Crippen LogP contribution in [0.5, 0.6) is 0 Å². The zero-order valence-corrected chi connectivity index (χ0v) is 14.2. The predicted octanol–water partition coefficient (Wildman–Crippen LogP) is 1.85. The fourth-order valence-electron chi connectivity index (χ4n) is 3.85. The normalized spacial score (nSPS) is 24.4. The molecule has 1 aromatic heterocycles. The highest BCUT2D eigenvalue weighted by molar-refractivity contribution is 6.10. The summed E-state index contributed by atoms with van der Waals surface area (Å²) >= 11 is 0. The maximum atomic E-state index is 12.7. The van der Waals surface area contributed by atoms with Gasteiger partial charge in [-0.15, -0.1) is 0 Å². The van der Waals surface area contributed by atoms with E-state index in [2.05, 4.69) is 9.88 Å². The van der Waals surface area contributed by atoms with Crippen LogP contribution in [0.25, 0.3) is 0 Å². The third kappa shape index (κ3) is 3.06. The average Bonchev–Trinajstić information content (AvgIpc) is 3.30. The standard InChI is InChI=1S/C19H23N3O3/c23-17(14-3-4-14)15-16(13-5-7-20-8-6-13)22(19(25)18(15)24)12-11-21-9-1-2-10-21/h5-8,14,16,24H,1-4,9-12H2. The summed E-state index contributed by atoms with van der Waals surface area (Å²) in [5.41, 5.74) is 1.11. The van der Waals surface area contributed by atoms with Gasteiger partial charge in [0.25, 0.3) is 5.91 Å². The molecule has 4 rings (SSSR count). The van der Waals surface area contributed by atoms with Crippen LogP contribution in [0.2, 0.25) is 0 Å². The summed E-state index contributed by atoms with van der Waals surface area (Å²) in [5.74, 6) is -0.894. The second-order valence-corrected chi connectivity index (χ2v) is 7.13. The van der Waals surface area contributed by atoms with Gasteiger partial charge in [0.2, 0.25) is 0 Å². The second-order valence-electron chi connectivity index (χ2n) is 7.13. The number of rotatable bonds is 6. The van der Waals surface area contributed by atoms with E-state index in [1.807, 2.05) is 12.1 Å². The maximum Gasteiger partial charge on any atom is 0.290 e. The van der Waals surface area contributed by atoms with Crippen LogP contribution in [0.15, 0.2) is 35.9 Å². The Hall–Kier alpha value is -2.21. The summed E-state index contributed by atoms with van der Waals surface area (Å²) in [7, 11) is 0. The molecule has 1 aromatic rings. The third-order valence-electron chi connectivity index (χ3n) is 5.39. The lowest BCUT2D eigenvalue weighted by molar-refractivity contribution is -0.129. The molecule has 1 atom stereocenters. The van der Waals surface area contributed by atoms with Gasteiger partial charge < -0.3 is 14.9 Å². The Kier molecular flexibility index (Phi) is 4.29. The molecular weight excluding hydrogens is 318 g/mol. The Balaban J connectivity index is 1.63. The molecule has 1 saturated carbocycles. The summed E-state index contributed by atoms with van der Waals surface area (Å²) in [5, 5.41) is 10.4. The molecule has 1 unspecified atom stereocenters. The summed E-state index contributed by atoms with van der Waals surface area (Å²) in [6, 6.07) is 3.14. The number of aliphatic hydroxyl groups excluding tert-OH is 1. The molecule has 1 N–H and O–H groups in total. The first-order valence-corrected chi connectivity index (χ1v) is 9.07. The van der Waals surface area contributed by atoms with Crippen molar-refractivity contribution in [2.24, 2.45) is 5.92 Å². The Morgan fingerprint density at radius 3 is 2.48 bits per heavy atom. The van der Waals surface area contributed by atoms with Gasteiger partial charge in [-0.25, -0.2) is 0 Å². The van der Waals surface area contributed by atoms with E-state index >= 15 is 0 Å². The van der Waals surface area contributed by atoms with Gasteiger partial charge in [0.1, 0.15) is 0 Å². The van der Waals surface area contributed by atoms with Crippen LogP contribution in [0.4, 0.5) is 0 Å². The smallest absolute Gasteiger partial charge is 0.290 e. The highest BCUT2D eigenvalue weighted by atomic mass is 16.3. The third-order valence-corrected chi connectivity index (χ3v) is 5.39. The summed E-state index contributed by atoms with van der Waals surface area (Å²) in [6.07, 6.45) is 7.40. The number of aromatic nitrogens is 1. The van der Waals surface area contributed by atoms with Gasteiger partial charge in [-0.05, 0) is 56.5 Å². The lowest BCUT2D eigenvalue weighted by Gasteiger charge is -2.28. The molecule has 0 spiro atoms. The molecule has 3 aliphatic rings. The number of likely N-dealkylation sites (tertiary alicyclic amines) is 1. The number of hydrogen-bond acceptors (Lipinski definition) is 5. The quantitative estimate of drug-likeness (QED) is 0.855. The molecule has 1 amide bonds. The average molecular weight is 341 g/mol. The van der Waals surface area contributed by atoms with Crippen LogP contribution >= 0.6 is 0 Å². The van der Waals surface area contributed by atoms with E-state index in [0.717, 1.165) is 38.0 Å². The minimum atomic E-state index is -0.494. The number of hydrogen-bond donors (Lipinski definition) is 1. The van der Waals surface area contributed by atoms with E-state index in [1.54, 1.807) is 17.3 Å². The Labute approximate surface area is 147 Å². The summed E-state index contributed by atoms with van der Waals surface area (Å²) in [4.78, 5) is 33.4.